The molecule has 1 N–H and O–H groups in total. The molecule has 0 saturated carbocycles. The minimum absolute atomic E-state index is 0.355. The number of carbonyl (C=O) groups is 1. The second-order valence-corrected chi connectivity index (χ2v) is 4.19. The summed E-state index contributed by atoms with van der Waals surface area (Å²) in [6.45, 7) is 0. The Morgan fingerprint density at radius 3 is 2.60 bits per heavy atom. The summed E-state index contributed by atoms with van der Waals surface area (Å²) in [4.78, 5) is 12.2. The molecular formula is C16H14N2O2. The van der Waals surface area contributed by atoms with Gasteiger partial charge in [0.25, 0.3) is 0 Å². The summed E-state index contributed by atoms with van der Waals surface area (Å²) in [5.74, 6) is -0.537. The van der Waals surface area contributed by atoms with Crippen molar-refractivity contribution in [2.24, 2.45) is 0 Å². The molecule has 0 aliphatic rings. The molecule has 0 saturated heterocycles. The van der Waals surface area contributed by atoms with Crippen LogP contribution >= 0.6 is 0 Å². The summed E-state index contributed by atoms with van der Waals surface area (Å²) in [6, 6.07) is 18.0. The van der Waals surface area contributed by atoms with Crippen molar-refractivity contribution in [1.29, 1.82) is 5.26 Å². The van der Waals surface area contributed by atoms with Crippen molar-refractivity contribution in [2.75, 3.05) is 12.4 Å². The van der Waals surface area contributed by atoms with Crippen LogP contribution < -0.4 is 10.1 Å². The summed E-state index contributed by atoms with van der Waals surface area (Å²) in [6.07, 6.45) is 0. The quantitative estimate of drug-likeness (QED) is 0.925. The number of amides is 1. The molecule has 0 spiro atoms. The van der Waals surface area contributed by atoms with Gasteiger partial charge in [-0.2, -0.15) is 5.26 Å². The minimum Gasteiger partial charge on any atom is -0.497 e. The van der Waals surface area contributed by atoms with Gasteiger partial charge in [-0.15, -0.1) is 0 Å². The van der Waals surface area contributed by atoms with Crippen molar-refractivity contribution < 1.29 is 9.53 Å². The van der Waals surface area contributed by atoms with Crippen LogP contribution in [0.25, 0.3) is 0 Å². The fourth-order valence-corrected chi connectivity index (χ4v) is 1.85. The first-order valence-electron chi connectivity index (χ1n) is 6.14. The number of ether oxygens (including phenoxy) is 1. The highest BCUT2D eigenvalue weighted by atomic mass is 16.5. The van der Waals surface area contributed by atoms with Gasteiger partial charge >= 0.3 is 0 Å². The molecule has 0 fully saturated rings. The Hall–Kier alpha value is -2.80. The van der Waals surface area contributed by atoms with Gasteiger partial charge in [-0.1, -0.05) is 36.4 Å². The molecule has 0 aromatic heterocycles. The lowest BCUT2D eigenvalue weighted by molar-refractivity contribution is -0.116. The van der Waals surface area contributed by atoms with Crippen LogP contribution in [0.2, 0.25) is 0 Å². The van der Waals surface area contributed by atoms with Crippen LogP contribution in [0.5, 0.6) is 5.75 Å². The van der Waals surface area contributed by atoms with Crippen LogP contribution in [-0.4, -0.2) is 13.0 Å². The molecule has 100 valence electrons. The molecule has 1 unspecified atom stereocenters. The van der Waals surface area contributed by atoms with E-state index in [4.69, 9.17) is 4.74 Å². The Morgan fingerprint density at radius 1 is 1.20 bits per heavy atom. The summed E-state index contributed by atoms with van der Waals surface area (Å²) in [5, 5.41) is 11.9. The average Bonchev–Trinajstić information content (AvgIpc) is 2.49. The largest absolute Gasteiger partial charge is 0.497 e. The predicted molar refractivity (Wildman–Crippen MR) is 76.4 cm³/mol. The number of anilines is 1. The zero-order valence-electron chi connectivity index (χ0n) is 11.0. The lowest BCUT2D eigenvalue weighted by Gasteiger charge is -2.11. The maximum Gasteiger partial charge on any atom is 0.246 e. The maximum atomic E-state index is 12.2. The van der Waals surface area contributed by atoms with Crippen molar-refractivity contribution in [3.8, 4) is 11.8 Å². The van der Waals surface area contributed by atoms with Crippen LogP contribution in [-0.2, 0) is 4.79 Å². The van der Waals surface area contributed by atoms with Crippen LogP contribution in [0, 0.1) is 11.3 Å². The van der Waals surface area contributed by atoms with Gasteiger partial charge in [-0.3, -0.25) is 4.79 Å². The highest BCUT2D eigenvalue weighted by molar-refractivity contribution is 5.97. The van der Waals surface area contributed by atoms with Crippen molar-refractivity contribution in [3.05, 3.63) is 60.2 Å². The van der Waals surface area contributed by atoms with E-state index in [2.05, 4.69) is 5.32 Å². The third kappa shape index (κ3) is 3.15. The Bertz CT molecular complexity index is 632. The Balaban J connectivity index is 2.16. The topological polar surface area (TPSA) is 62.1 Å². The number of hydrogen-bond acceptors (Lipinski definition) is 3. The number of hydrogen-bond donors (Lipinski definition) is 1. The SMILES string of the molecule is COc1cccc(NC(=O)C(C#N)c2ccccc2)c1. The monoisotopic (exact) mass is 266 g/mol. The Labute approximate surface area is 117 Å². The van der Waals surface area contributed by atoms with E-state index < -0.39 is 5.92 Å². The summed E-state index contributed by atoms with van der Waals surface area (Å²) >= 11 is 0. The zero-order valence-corrected chi connectivity index (χ0v) is 11.0. The van der Waals surface area contributed by atoms with Crippen LogP contribution in [0.15, 0.2) is 54.6 Å². The van der Waals surface area contributed by atoms with E-state index in [9.17, 15) is 10.1 Å². The zero-order chi connectivity index (χ0) is 14.4. The first kappa shape index (κ1) is 13.6. The first-order chi connectivity index (χ1) is 9.74. The standard InChI is InChI=1S/C16H14N2O2/c1-20-14-9-5-8-13(10-14)18-16(19)15(11-17)12-6-3-2-4-7-12/h2-10,15H,1H3,(H,18,19). The molecular weight excluding hydrogens is 252 g/mol. The summed E-state index contributed by atoms with van der Waals surface area (Å²) in [5.41, 5.74) is 1.28. The van der Waals surface area contributed by atoms with E-state index in [-0.39, 0.29) is 5.91 Å². The van der Waals surface area contributed by atoms with Crippen LogP contribution in [0.4, 0.5) is 5.69 Å². The lowest BCUT2D eigenvalue weighted by Crippen LogP contribution is -2.19. The van der Waals surface area contributed by atoms with Crippen molar-refractivity contribution in [3.63, 3.8) is 0 Å². The molecule has 0 heterocycles. The van der Waals surface area contributed by atoms with E-state index in [0.29, 0.717) is 17.0 Å². The highest BCUT2D eigenvalue weighted by Crippen LogP contribution is 2.20. The van der Waals surface area contributed by atoms with Gasteiger partial charge in [0.1, 0.15) is 5.75 Å². The number of carbonyl (C=O) groups excluding carboxylic acids is 1. The number of nitrogens with zero attached hydrogens (tertiary/aromatic N) is 1. The molecule has 4 nitrogen and oxygen atoms in total. The lowest BCUT2D eigenvalue weighted by atomic mass is 10.00. The van der Waals surface area contributed by atoms with Gasteiger partial charge < -0.3 is 10.1 Å². The normalized spacial score (nSPS) is 11.2. The van der Waals surface area contributed by atoms with E-state index in [1.807, 2.05) is 12.1 Å². The highest BCUT2D eigenvalue weighted by Gasteiger charge is 2.19. The Kier molecular flexibility index (Phi) is 4.35. The van der Waals surface area contributed by atoms with Crippen LogP contribution in [0.3, 0.4) is 0 Å². The average molecular weight is 266 g/mol. The van der Waals surface area contributed by atoms with E-state index >= 15 is 0 Å². The van der Waals surface area contributed by atoms with Gasteiger partial charge in [0.05, 0.1) is 13.2 Å². The number of benzene rings is 2. The van der Waals surface area contributed by atoms with E-state index in [1.165, 1.54) is 0 Å². The maximum absolute atomic E-state index is 12.2. The fraction of sp³-hybridized carbons (Fsp3) is 0.125. The molecule has 2 rings (SSSR count). The fourth-order valence-electron chi connectivity index (χ4n) is 1.85. The summed E-state index contributed by atoms with van der Waals surface area (Å²) in [7, 11) is 1.56. The molecule has 1 amide bonds. The van der Waals surface area contributed by atoms with Gasteiger partial charge in [0, 0.05) is 11.8 Å². The molecule has 20 heavy (non-hydrogen) atoms. The molecule has 0 aliphatic heterocycles. The molecule has 0 radical (unpaired) electrons. The smallest absolute Gasteiger partial charge is 0.246 e. The van der Waals surface area contributed by atoms with Crippen LogP contribution in [0.1, 0.15) is 11.5 Å². The summed E-state index contributed by atoms with van der Waals surface area (Å²) < 4.78 is 5.09. The first-order valence-corrected chi connectivity index (χ1v) is 6.14. The van der Waals surface area contributed by atoms with Crippen molar-refractivity contribution in [1.82, 2.24) is 0 Å². The predicted octanol–water partition coefficient (Wildman–Crippen LogP) is 2.94. The molecule has 2 aromatic carbocycles. The molecule has 0 bridgehead atoms. The van der Waals surface area contributed by atoms with Crippen molar-refractivity contribution >= 4 is 11.6 Å². The second-order valence-electron chi connectivity index (χ2n) is 4.19. The van der Waals surface area contributed by atoms with E-state index in [0.717, 1.165) is 0 Å². The molecule has 2 aromatic rings. The number of methoxy groups -OCH3 is 1. The number of nitrogens with one attached hydrogen (secondary N) is 1. The minimum atomic E-state index is -0.831. The van der Waals surface area contributed by atoms with Crippen molar-refractivity contribution in [2.45, 2.75) is 5.92 Å². The molecule has 0 aliphatic carbocycles. The molecule has 4 heteroatoms. The van der Waals surface area contributed by atoms with Gasteiger partial charge in [-0.25, -0.2) is 0 Å². The van der Waals surface area contributed by atoms with Gasteiger partial charge in [-0.05, 0) is 17.7 Å². The van der Waals surface area contributed by atoms with Gasteiger partial charge in [0.2, 0.25) is 5.91 Å². The molecule has 1 atom stereocenters. The third-order valence-electron chi connectivity index (χ3n) is 2.86. The third-order valence-corrected chi connectivity index (χ3v) is 2.86. The second kappa shape index (κ2) is 6.39. The number of rotatable bonds is 4. The van der Waals surface area contributed by atoms with Gasteiger partial charge in [0.15, 0.2) is 5.92 Å². The number of nitriles is 1. The Morgan fingerprint density at radius 2 is 1.95 bits per heavy atom. The van der Waals surface area contributed by atoms with E-state index in [1.54, 1.807) is 55.6 Å².